The molecule has 4 aromatic heterocycles. The van der Waals surface area contributed by atoms with Crippen molar-refractivity contribution in [3.05, 3.63) is 78.3 Å². The van der Waals surface area contributed by atoms with Crippen molar-refractivity contribution in [3.63, 3.8) is 0 Å². The van der Waals surface area contributed by atoms with Gasteiger partial charge in [0.15, 0.2) is 5.82 Å². The number of rotatable bonds is 4. The first kappa shape index (κ1) is 16.4. The van der Waals surface area contributed by atoms with Gasteiger partial charge in [-0.15, -0.1) is 0 Å². The molecule has 0 radical (unpaired) electrons. The van der Waals surface area contributed by atoms with Crippen LogP contribution < -0.4 is 5.32 Å². The molecule has 138 valence electrons. The Morgan fingerprint density at radius 1 is 1.11 bits per heavy atom. The predicted octanol–water partition coefficient (Wildman–Crippen LogP) is 2.85. The number of nitrogens with zero attached hydrogens (tertiary/aromatic N) is 5. The van der Waals surface area contributed by atoms with Crippen molar-refractivity contribution in [2.45, 2.75) is 18.9 Å². The molecule has 0 aromatic carbocycles. The van der Waals surface area contributed by atoms with Gasteiger partial charge in [0.25, 0.3) is 0 Å². The summed E-state index contributed by atoms with van der Waals surface area (Å²) in [6.45, 7) is 0.449. The molecule has 5 rings (SSSR count). The molecule has 0 saturated heterocycles. The molecule has 28 heavy (non-hydrogen) atoms. The Kier molecular flexibility index (Phi) is 3.93. The molecule has 0 bridgehead atoms. The highest BCUT2D eigenvalue weighted by Gasteiger charge is 2.30. The average molecular weight is 372 g/mol. The lowest BCUT2D eigenvalue weighted by Crippen LogP contribution is -2.25. The van der Waals surface area contributed by atoms with Crippen LogP contribution in [0.5, 0.6) is 0 Å². The molecular formula is C20H16N6O2. The molecule has 1 aliphatic heterocycles. The van der Waals surface area contributed by atoms with Gasteiger partial charge in [-0.05, 0) is 29.8 Å². The Balaban J connectivity index is 1.47. The van der Waals surface area contributed by atoms with Gasteiger partial charge < -0.3 is 9.73 Å². The Labute approximate surface area is 160 Å². The number of amides is 1. The maximum Gasteiger partial charge on any atom is 0.226 e. The standard InChI is InChI=1S/C20H16N6O2/c27-18-8-15(13-9-22-19(23-10-13)17-5-1-2-6-21-17)16-11-24-26(20(16)25-18)12-14-4-3-7-28-14/h1-7,9-11,15H,8,12H2,(H,25,27)/t15-/m0/s1. The molecule has 1 amide bonds. The highest BCUT2D eigenvalue weighted by molar-refractivity contribution is 5.94. The van der Waals surface area contributed by atoms with E-state index in [2.05, 4.69) is 25.4 Å². The SMILES string of the molecule is O=C1C[C@@H](c2cnc(-c3ccccn3)nc2)c2cnn(Cc3ccco3)c2N1. The van der Waals surface area contributed by atoms with Crippen LogP contribution in [0, 0.1) is 0 Å². The van der Waals surface area contributed by atoms with Crippen LogP contribution in [0.4, 0.5) is 5.82 Å². The monoisotopic (exact) mass is 372 g/mol. The lowest BCUT2D eigenvalue weighted by Gasteiger charge is -2.23. The number of carbonyl (C=O) groups is 1. The molecular weight excluding hydrogens is 356 g/mol. The molecule has 1 aliphatic rings. The normalized spacial score (nSPS) is 15.9. The maximum absolute atomic E-state index is 12.3. The lowest BCUT2D eigenvalue weighted by atomic mass is 9.89. The molecule has 8 heteroatoms. The van der Waals surface area contributed by atoms with Crippen molar-refractivity contribution in [3.8, 4) is 11.5 Å². The third-order valence-corrected chi connectivity index (χ3v) is 4.74. The number of furan rings is 1. The van der Waals surface area contributed by atoms with Gasteiger partial charge in [-0.25, -0.2) is 14.6 Å². The number of anilines is 1. The Bertz CT molecular complexity index is 1100. The molecule has 0 unspecified atom stereocenters. The van der Waals surface area contributed by atoms with E-state index in [4.69, 9.17) is 4.42 Å². The Morgan fingerprint density at radius 3 is 2.75 bits per heavy atom. The van der Waals surface area contributed by atoms with E-state index < -0.39 is 0 Å². The van der Waals surface area contributed by atoms with Gasteiger partial charge in [-0.1, -0.05) is 6.07 Å². The number of nitrogens with one attached hydrogen (secondary N) is 1. The van der Waals surface area contributed by atoms with Crippen LogP contribution in [0.25, 0.3) is 11.5 Å². The zero-order valence-electron chi connectivity index (χ0n) is 14.8. The first-order valence-corrected chi connectivity index (χ1v) is 8.89. The molecule has 0 aliphatic carbocycles. The fourth-order valence-corrected chi connectivity index (χ4v) is 3.38. The second-order valence-corrected chi connectivity index (χ2v) is 6.55. The second-order valence-electron chi connectivity index (χ2n) is 6.55. The molecule has 8 nitrogen and oxygen atoms in total. The summed E-state index contributed by atoms with van der Waals surface area (Å²) in [4.78, 5) is 25.5. The predicted molar refractivity (Wildman–Crippen MR) is 100 cm³/mol. The number of carbonyl (C=O) groups excluding carboxylic acids is 1. The highest BCUT2D eigenvalue weighted by Crippen LogP contribution is 2.37. The van der Waals surface area contributed by atoms with Crippen molar-refractivity contribution in [1.29, 1.82) is 0 Å². The van der Waals surface area contributed by atoms with Gasteiger partial charge in [0.1, 0.15) is 23.8 Å². The van der Waals surface area contributed by atoms with Gasteiger partial charge in [-0.2, -0.15) is 5.10 Å². The van der Waals surface area contributed by atoms with Gasteiger partial charge in [0.2, 0.25) is 5.91 Å². The zero-order chi connectivity index (χ0) is 18.9. The molecule has 0 spiro atoms. The van der Waals surface area contributed by atoms with Gasteiger partial charge >= 0.3 is 0 Å². The van der Waals surface area contributed by atoms with Gasteiger partial charge in [-0.3, -0.25) is 9.78 Å². The summed E-state index contributed by atoms with van der Waals surface area (Å²) >= 11 is 0. The van der Waals surface area contributed by atoms with Crippen molar-refractivity contribution >= 4 is 11.7 Å². The Morgan fingerprint density at radius 2 is 2.00 bits per heavy atom. The molecule has 1 atom stereocenters. The zero-order valence-corrected chi connectivity index (χ0v) is 14.8. The number of aromatic nitrogens is 5. The molecule has 0 fully saturated rings. The first-order valence-electron chi connectivity index (χ1n) is 8.89. The van der Waals surface area contributed by atoms with E-state index >= 15 is 0 Å². The van der Waals surface area contributed by atoms with Crippen LogP contribution in [-0.4, -0.2) is 30.6 Å². The quantitative estimate of drug-likeness (QED) is 0.591. The fraction of sp³-hybridized carbons (Fsp3) is 0.150. The summed E-state index contributed by atoms with van der Waals surface area (Å²) < 4.78 is 7.13. The number of pyridine rings is 1. The molecule has 0 saturated carbocycles. The van der Waals surface area contributed by atoms with Gasteiger partial charge in [0, 0.05) is 36.5 Å². The maximum atomic E-state index is 12.3. The smallest absolute Gasteiger partial charge is 0.226 e. The minimum atomic E-state index is -0.146. The van der Waals surface area contributed by atoms with Crippen molar-refractivity contribution < 1.29 is 9.21 Å². The van der Waals surface area contributed by atoms with Crippen LogP contribution >= 0.6 is 0 Å². The number of hydrogen-bond donors (Lipinski definition) is 1. The van der Waals surface area contributed by atoms with Gasteiger partial charge in [0.05, 0.1) is 12.5 Å². The number of fused-ring (bicyclic) bond motifs is 1. The van der Waals surface area contributed by atoms with Crippen molar-refractivity contribution in [1.82, 2.24) is 24.7 Å². The van der Waals surface area contributed by atoms with E-state index in [1.165, 1.54) is 0 Å². The van der Waals surface area contributed by atoms with Crippen LogP contribution in [0.15, 0.2) is 65.8 Å². The summed E-state index contributed by atoms with van der Waals surface area (Å²) in [6.07, 6.45) is 8.95. The molecule has 4 aromatic rings. The van der Waals surface area contributed by atoms with Crippen molar-refractivity contribution in [2.24, 2.45) is 0 Å². The highest BCUT2D eigenvalue weighted by atomic mass is 16.3. The molecule has 5 heterocycles. The summed E-state index contributed by atoms with van der Waals surface area (Å²) in [5.74, 6) is 1.80. The Hall–Kier alpha value is -3.81. The third-order valence-electron chi connectivity index (χ3n) is 4.74. The second kappa shape index (κ2) is 6.73. The van der Waals surface area contributed by atoms with Crippen LogP contribution in [0.2, 0.25) is 0 Å². The number of hydrogen-bond acceptors (Lipinski definition) is 6. The van der Waals surface area contributed by atoms with Crippen molar-refractivity contribution in [2.75, 3.05) is 5.32 Å². The summed E-state index contributed by atoms with van der Waals surface area (Å²) in [6, 6.07) is 9.30. The van der Waals surface area contributed by atoms with E-state index in [1.54, 1.807) is 35.7 Å². The van der Waals surface area contributed by atoms with Crippen LogP contribution in [0.3, 0.4) is 0 Å². The van der Waals surface area contributed by atoms with Crippen LogP contribution in [0.1, 0.15) is 29.2 Å². The minimum absolute atomic E-state index is 0.0625. The summed E-state index contributed by atoms with van der Waals surface area (Å²) in [5, 5.41) is 7.37. The topological polar surface area (TPSA) is 98.7 Å². The first-order chi connectivity index (χ1) is 13.8. The largest absolute Gasteiger partial charge is 0.467 e. The van der Waals surface area contributed by atoms with Crippen LogP contribution in [-0.2, 0) is 11.3 Å². The summed E-state index contributed by atoms with van der Waals surface area (Å²) in [5.41, 5.74) is 2.52. The van der Waals surface area contributed by atoms with E-state index in [0.29, 0.717) is 30.3 Å². The van der Waals surface area contributed by atoms with E-state index in [9.17, 15) is 4.79 Å². The fourth-order valence-electron chi connectivity index (χ4n) is 3.38. The summed E-state index contributed by atoms with van der Waals surface area (Å²) in [7, 11) is 0. The van der Waals surface area contributed by atoms with E-state index in [1.807, 2.05) is 30.3 Å². The minimum Gasteiger partial charge on any atom is -0.467 e. The average Bonchev–Trinajstić information content (AvgIpc) is 3.39. The molecule has 1 N–H and O–H groups in total. The van der Waals surface area contributed by atoms with E-state index in [0.717, 1.165) is 16.9 Å². The van der Waals surface area contributed by atoms with E-state index in [-0.39, 0.29) is 11.8 Å². The third kappa shape index (κ3) is 2.94. The lowest BCUT2D eigenvalue weighted by molar-refractivity contribution is -0.116.